The highest BCUT2D eigenvalue weighted by molar-refractivity contribution is 6.68. The first-order valence-electron chi connectivity index (χ1n) is 11.0. The van der Waals surface area contributed by atoms with Gasteiger partial charge in [-0.2, -0.15) is 0 Å². The molecule has 0 amide bonds. The first-order chi connectivity index (χ1) is 12.6. The van der Waals surface area contributed by atoms with Crippen molar-refractivity contribution in [1.29, 1.82) is 0 Å². The topological polar surface area (TPSA) is 18.5 Å². The fourth-order valence-corrected chi connectivity index (χ4v) is 5.62. The van der Waals surface area contributed by atoms with Gasteiger partial charge in [-0.25, -0.2) is 0 Å². The molecule has 0 unspecified atom stereocenters. The summed E-state index contributed by atoms with van der Waals surface area (Å²) in [6, 6.07) is 8.42. The van der Waals surface area contributed by atoms with Crippen molar-refractivity contribution in [3.8, 4) is 5.75 Å². The lowest BCUT2D eigenvalue weighted by atomic mass is 10.1. The van der Waals surface area contributed by atoms with E-state index in [2.05, 4.69) is 52.8 Å². The first kappa shape index (κ1) is 23.2. The fourth-order valence-electron chi connectivity index (χ4n) is 3.29. The van der Waals surface area contributed by atoms with Crippen LogP contribution in [0.4, 0.5) is 0 Å². The Kier molecular flexibility index (Phi) is 12.0. The van der Waals surface area contributed by atoms with E-state index in [-0.39, 0.29) is 0 Å². The SMILES string of the molecule is CCCCCCCCCCCO[Si](CC)(CC)Oc1ccc(C)c(C)c1. The smallest absolute Gasteiger partial charge is 0.398 e. The Bertz CT molecular complexity index is 483. The van der Waals surface area contributed by atoms with E-state index in [1.165, 1.54) is 68.9 Å². The quantitative estimate of drug-likeness (QED) is 0.230. The van der Waals surface area contributed by atoms with Gasteiger partial charge in [0.1, 0.15) is 5.75 Å². The summed E-state index contributed by atoms with van der Waals surface area (Å²) in [5, 5.41) is 0. The fraction of sp³-hybridized carbons (Fsp3) is 0.739. The lowest BCUT2D eigenvalue weighted by Crippen LogP contribution is -2.44. The maximum atomic E-state index is 6.44. The Labute approximate surface area is 163 Å². The highest BCUT2D eigenvalue weighted by Gasteiger charge is 2.35. The predicted octanol–water partition coefficient (Wildman–Crippen LogP) is 7.71. The zero-order chi connectivity index (χ0) is 19.3. The van der Waals surface area contributed by atoms with Gasteiger partial charge in [0.2, 0.25) is 0 Å². The van der Waals surface area contributed by atoms with Crippen molar-refractivity contribution in [2.24, 2.45) is 0 Å². The Balaban J connectivity index is 2.30. The van der Waals surface area contributed by atoms with Gasteiger partial charge < -0.3 is 8.85 Å². The van der Waals surface area contributed by atoms with Gasteiger partial charge >= 0.3 is 8.56 Å². The van der Waals surface area contributed by atoms with Crippen molar-refractivity contribution in [3.05, 3.63) is 29.3 Å². The summed E-state index contributed by atoms with van der Waals surface area (Å²) in [5.74, 6) is 0.982. The molecule has 0 spiro atoms. The Morgan fingerprint density at radius 2 is 1.31 bits per heavy atom. The second kappa shape index (κ2) is 13.4. The molecule has 3 heteroatoms. The molecule has 150 valence electrons. The van der Waals surface area contributed by atoms with E-state index >= 15 is 0 Å². The molecule has 0 aliphatic rings. The van der Waals surface area contributed by atoms with Crippen LogP contribution in [0.2, 0.25) is 12.1 Å². The molecule has 0 aliphatic heterocycles. The van der Waals surface area contributed by atoms with Gasteiger partial charge in [0, 0.05) is 6.61 Å². The van der Waals surface area contributed by atoms with Crippen molar-refractivity contribution in [3.63, 3.8) is 0 Å². The molecule has 0 saturated heterocycles. The summed E-state index contributed by atoms with van der Waals surface area (Å²) in [6.07, 6.45) is 12.1. The van der Waals surface area contributed by atoms with E-state index in [0.29, 0.717) is 0 Å². The second-order valence-corrected chi connectivity index (χ2v) is 11.4. The number of benzene rings is 1. The third-order valence-corrected chi connectivity index (χ3v) is 8.97. The molecule has 0 radical (unpaired) electrons. The minimum absolute atomic E-state index is 0.856. The van der Waals surface area contributed by atoms with E-state index in [9.17, 15) is 0 Å². The number of rotatable bonds is 15. The molecule has 26 heavy (non-hydrogen) atoms. The van der Waals surface area contributed by atoms with Gasteiger partial charge in [0.25, 0.3) is 0 Å². The maximum absolute atomic E-state index is 6.44. The van der Waals surface area contributed by atoms with Crippen LogP contribution < -0.4 is 4.43 Å². The molecule has 0 bridgehead atoms. The summed E-state index contributed by atoms with van der Waals surface area (Å²) in [4.78, 5) is 0. The molecule has 0 atom stereocenters. The Hall–Kier alpha value is -0.803. The summed E-state index contributed by atoms with van der Waals surface area (Å²) >= 11 is 0. The second-order valence-electron chi connectivity index (χ2n) is 7.64. The van der Waals surface area contributed by atoms with E-state index in [0.717, 1.165) is 24.4 Å². The highest BCUT2D eigenvalue weighted by Crippen LogP contribution is 2.25. The molecule has 1 rings (SSSR count). The first-order valence-corrected chi connectivity index (χ1v) is 13.2. The number of hydrogen-bond donors (Lipinski definition) is 0. The van der Waals surface area contributed by atoms with Crippen molar-refractivity contribution in [1.82, 2.24) is 0 Å². The van der Waals surface area contributed by atoms with Crippen molar-refractivity contribution >= 4 is 8.56 Å². The van der Waals surface area contributed by atoms with Gasteiger partial charge in [-0.15, -0.1) is 0 Å². The third-order valence-electron chi connectivity index (χ3n) is 5.47. The van der Waals surface area contributed by atoms with Crippen LogP contribution in [0.15, 0.2) is 18.2 Å². The Morgan fingerprint density at radius 1 is 0.731 bits per heavy atom. The molecule has 1 aromatic rings. The largest absolute Gasteiger partial charge is 0.520 e. The van der Waals surface area contributed by atoms with Crippen LogP contribution in [0, 0.1) is 13.8 Å². The standard InChI is InChI=1S/C23H42O2Si/c1-6-9-10-11-12-13-14-15-16-19-24-26(7-2,8-3)25-23-18-17-21(4)22(5)20-23/h17-18,20H,6-16,19H2,1-5H3. The summed E-state index contributed by atoms with van der Waals surface area (Å²) in [7, 11) is -2.11. The van der Waals surface area contributed by atoms with Crippen molar-refractivity contribution in [2.75, 3.05) is 6.61 Å². The van der Waals surface area contributed by atoms with E-state index in [4.69, 9.17) is 8.85 Å². The molecule has 0 fully saturated rings. The molecule has 0 saturated carbocycles. The van der Waals surface area contributed by atoms with Crippen LogP contribution in [-0.2, 0) is 4.43 Å². The molecule has 0 aromatic heterocycles. The zero-order valence-corrected chi connectivity index (χ0v) is 19.0. The van der Waals surface area contributed by atoms with Gasteiger partial charge in [-0.3, -0.25) is 0 Å². The minimum Gasteiger partial charge on any atom is -0.520 e. The van der Waals surface area contributed by atoms with Gasteiger partial charge in [-0.1, -0.05) is 78.2 Å². The number of unbranched alkanes of at least 4 members (excludes halogenated alkanes) is 8. The average molecular weight is 379 g/mol. The van der Waals surface area contributed by atoms with Crippen LogP contribution in [0.25, 0.3) is 0 Å². The number of hydrogen-bond acceptors (Lipinski definition) is 2. The maximum Gasteiger partial charge on any atom is 0.398 e. The van der Waals surface area contributed by atoms with E-state index < -0.39 is 8.56 Å². The normalized spacial score (nSPS) is 11.7. The van der Waals surface area contributed by atoms with E-state index in [1.54, 1.807) is 0 Å². The number of aryl methyl sites for hydroxylation is 2. The van der Waals surface area contributed by atoms with Gasteiger partial charge in [-0.05, 0) is 55.6 Å². The van der Waals surface area contributed by atoms with Crippen LogP contribution in [0.5, 0.6) is 5.75 Å². The molecule has 2 nitrogen and oxygen atoms in total. The van der Waals surface area contributed by atoms with E-state index in [1.807, 2.05) is 0 Å². The Morgan fingerprint density at radius 3 is 1.85 bits per heavy atom. The monoisotopic (exact) mass is 378 g/mol. The minimum atomic E-state index is -2.11. The molecule has 1 aromatic carbocycles. The zero-order valence-electron chi connectivity index (χ0n) is 18.0. The van der Waals surface area contributed by atoms with Crippen LogP contribution in [0.3, 0.4) is 0 Å². The highest BCUT2D eigenvalue weighted by atomic mass is 28.4. The van der Waals surface area contributed by atoms with Crippen molar-refractivity contribution < 1.29 is 8.85 Å². The van der Waals surface area contributed by atoms with Crippen LogP contribution in [-0.4, -0.2) is 15.2 Å². The molecular weight excluding hydrogens is 336 g/mol. The molecular formula is C23H42O2Si. The lowest BCUT2D eigenvalue weighted by Gasteiger charge is -2.29. The summed E-state index contributed by atoms with van der Waals surface area (Å²) in [5.41, 5.74) is 2.60. The van der Waals surface area contributed by atoms with Crippen molar-refractivity contribution in [2.45, 2.75) is 104 Å². The lowest BCUT2D eigenvalue weighted by molar-refractivity contribution is 0.230. The van der Waals surface area contributed by atoms with Crippen LogP contribution in [0.1, 0.15) is 89.7 Å². The summed E-state index contributed by atoms with van der Waals surface area (Å²) < 4.78 is 12.8. The summed E-state index contributed by atoms with van der Waals surface area (Å²) in [6.45, 7) is 11.9. The third kappa shape index (κ3) is 8.72. The molecule has 0 aliphatic carbocycles. The molecule has 0 heterocycles. The van der Waals surface area contributed by atoms with Gasteiger partial charge in [0.15, 0.2) is 0 Å². The van der Waals surface area contributed by atoms with Crippen LogP contribution >= 0.6 is 0 Å². The van der Waals surface area contributed by atoms with Gasteiger partial charge in [0.05, 0.1) is 0 Å². The average Bonchev–Trinajstić information content (AvgIpc) is 2.65. The molecule has 0 N–H and O–H groups in total. The predicted molar refractivity (Wildman–Crippen MR) is 116 cm³/mol.